The van der Waals surface area contributed by atoms with Gasteiger partial charge in [0.25, 0.3) is 0 Å². The van der Waals surface area contributed by atoms with Gasteiger partial charge < -0.3 is 9.47 Å². The molecule has 0 fully saturated rings. The van der Waals surface area contributed by atoms with Crippen molar-refractivity contribution < 1.29 is 4.79 Å². The number of rotatable bonds is 5. The van der Waals surface area contributed by atoms with Crippen LogP contribution in [0.2, 0.25) is 0 Å². The lowest BCUT2D eigenvalue weighted by Crippen LogP contribution is -2.30. The van der Waals surface area contributed by atoms with E-state index in [-0.39, 0.29) is 5.91 Å². The zero-order valence-electron chi connectivity index (χ0n) is 17.4. The molecule has 158 valence electrons. The highest BCUT2D eigenvalue weighted by molar-refractivity contribution is 7.99. The van der Waals surface area contributed by atoms with Crippen LogP contribution in [-0.4, -0.2) is 37.4 Å². The van der Waals surface area contributed by atoms with Gasteiger partial charge in [0.1, 0.15) is 0 Å². The van der Waals surface area contributed by atoms with Crippen molar-refractivity contribution in [3.63, 3.8) is 0 Å². The van der Waals surface area contributed by atoms with Crippen LogP contribution in [0.25, 0.3) is 16.8 Å². The summed E-state index contributed by atoms with van der Waals surface area (Å²) >= 11 is 1.45. The van der Waals surface area contributed by atoms with Crippen LogP contribution >= 0.6 is 11.8 Å². The van der Waals surface area contributed by atoms with E-state index in [1.807, 2.05) is 53.4 Å². The number of benzene rings is 3. The molecule has 0 saturated heterocycles. The molecule has 6 nitrogen and oxygen atoms in total. The van der Waals surface area contributed by atoms with Crippen molar-refractivity contribution in [2.45, 2.75) is 18.1 Å². The Labute approximate surface area is 189 Å². The molecule has 0 aliphatic carbocycles. The first-order chi connectivity index (χ1) is 15.8. The quantitative estimate of drug-likeness (QED) is 0.381. The highest BCUT2D eigenvalue weighted by Crippen LogP contribution is 2.30. The third kappa shape index (κ3) is 3.17. The Morgan fingerprint density at radius 3 is 2.50 bits per heavy atom. The van der Waals surface area contributed by atoms with E-state index in [2.05, 4.69) is 49.5 Å². The second-order valence-corrected chi connectivity index (χ2v) is 8.83. The highest BCUT2D eigenvalue weighted by atomic mass is 32.2. The van der Waals surface area contributed by atoms with Gasteiger partial charge in [-0.2, -0.15) is 0 Å². The number of para-hydroxylation sites is 3. The molecule has 0 saturated carbocycles. The molecule has 3 heterocycles. The lowest BCUT2D eigenvalue weighted by atomic mass is 10.2. The summed E-state index contributed by atoms with van der Waals surface area (Å²) in [5.41, 5.74) is 5.62. The topological polar surface area (TPSA) is 55.4 Å². The lowest BCUT2D eigenvalue weighted by molar-refractivity contribution is -0.116. The molecular weight excluding hydrogens is 418 g/mol. The second kappa shape index (κ2) is 7.84. The number of amides is 1. The van der Waals surface area contributed by atoms with Crippen molar-refractivity contribution in [2.24, 2.45) is 0 Å². The SMILES string of the molecule is O=C(CSc1nnc2n(Cc3ccccc3)c3ccccc3n12)N1CCc2ccccc21. The van der Waals surface area contributed by atoms with Crippen molar-refractivity contribution in [1.82, 2.24) is 19.2 Å². The van der Waals surface area contributed by atoms with Crippen LogP contribution in [0.15, 0.2) is 84.0 Å². The third-order valence-electron chi connectivity index (χ3n) is 5.97. The van der Waals surface area contributed by atoms with Gasteiger partial charge in [-0.25, -0.2) is 0 Å². The van der Waals surface area contributed by atoms with Gasteiger partial charge in [0, 0.05) is 12.2 Å². The molecule has 1 aliphatic heterocycles. The van der Waals surface area contributed by atoms with Crippen LogP contribution in [0.3, 0.4) is 0 Å². The van der Waals surface area contributed by atoms with Crippen LogP contribution in [-0.2, 0) is 17.8 Å². The zero-order chi connectivity index (χ0) is 21.5. The number of hydrogen-bond acceptors (Lipinski definition) is 4. The van der Waals surface area contributed by atoms with Crippen LogP contribution in [0.1, 0.15) is 11.1 Å². The Bertz CT molecular complexity index is 1440. The fourth-order valence-corrected chi connectivity index (χ4v) is 5.27. The molecule has 6 rings (SSSR count). The first-order valence-electron chi connectivity index (χ1n) is 10.7. The van der Waals surface area contributed by atoms with Crippen LogP contribution in [0, 0.1) is 0 Å². The van der Waals surface area contributed by atoms with Gasteiger partial charge in [-0.15, -0.1) is 10.2 Å². The standard InChI is InChI=1S/C25H21N5OS/c31-23(28-15-14-19-10-4-5-11-20(19)28)17-32-25-27-26-24-29(16-18-8-2-1-3-9-18)21-12-6-7-13-22(21)30(24)25/h1-13H,14-17H2. The molecule has 0 spiro atoms. The molecule has 0 radical (unpaired) electrons. The molecule has 5 aromatic rings. The summed E-state index contributed by atoms with van der Waals surface area (Å²) in [6.07, 6.45) is 0.911. The molecule has 0 N–H and O–H groups in total. The molecule has 0 atom stereocenters. The predicted molar refractivity (Wildman–Crippen MR) is 127 cm³/mol. The monoisotopic (exact) mass is 439 g/mol. The summed E-state index contributed by atoms with van der Waals surface area (Å²) in [6, 6.07) is 26.7. The van der Waals surface area contributed by atoms with E-state index >= 15 is 0 Å². The number of fused-ring (bicyclic) bond motifs is 4. The van der Waals surface area contributed by atoms with Gasteiger partial charge in [-0.3, -0.25) is 9.20 Å². The maximum absolute atomic E-state index is 13.0. The lowest BCUT2D eigenvalue weighted by Gasteiger charge is -2.16. The average molecular weight is 440 g/mol. The Balaban J connectivity index is 1.31. The van der Waals surface area contributed by atoms with Crippen molar-refractivity contribution in [3.8, 4) is 0 Å². The minimum absolute atomic E-state index is 0.102. The number of imidazole rings is 1. The Hall–Kier alpha value is -3.58. The number of carbonyl (C=O) groups excluding carboxylic acids is 1. The number of thioether (sulfide) groups is 1. The first kappa shape index (κ1) is 19.1. The number of carbonyl (C=O) groups is 1. The average Bonchev–Trinajstić information content (AvgIpc) is 3.53. The smallest absolute Gasteiger partial charge is 0.237 e. The van der Waals surface area contributed by atoms with Gasteiger partial charge in [0.2, 0.25) is 11.7 Å². The van der Waals surface area contributed by atoms with E-state index in [0.717, 1.165) is 40.6 Å². The van der Waals surface area contributed by atoms with E-state index in [4.69, 9.17) is 0 Å². The zero-order valence-corrected chi connectivity index (χ0v) is 18.2. The number of hydrogen-bond donors (Lipinski definition) is 0. The van der Waals surface area contributed by atoms with E-state index in [1.54, 1.807) is 0 Å². The molecular formula is C25H21N5OS. The Kier molecular flexibility index (Phi) is 4.69. The minimum Gasteiger partial charge on any atom is -0.311 e. The van der Waals surface area contributed by atoms with E-state index in [0.29, 0.717) is 12.3 Å². The van der Waals surface area contributed by atoms with E-state index in [9.17, 15) is 4.79 Å². The maximum atomic E-state index is 13.0. The molecule has 1 aliphatic rings. The largest absolute Gasteiger partial charge is 0.311 e. The predicted octanol–water partition coefficient (Wildman–Crippen LogP) is 4.41. The second-order valence-electron chi connectivity index (χ2n) is 7.89. The van der Waals surface area contributed by atoms with Crippen LogP contribution < -0.4 is 4.90 Å². The number of nitrogens with zero attached hydrogens (tertiary/aromatic N) is 5. The van der Waals surface area contributed by atoms with Gasteiger partial charge in [-0.05, 0) is 35.7 Å². The summed E-state index contributed by atoms with van der Waals surface area (Å²) in [5, 5.41) is 9.67. The van der Waals surface area contributed by atoms with Gasteiger partial charge in [-0.1, -0.05) is 72.4 Å². The molecule has 0 unspecified atom stereocenters. The number of aromatic nitrogens is 4. The van der Waals surface area contributed by atoms with Gasteiger partial charge in [0.05, 0.1) is 23.3 Å². The maximum Gasteiger partial charge on any atom is 0.237 e. The summed E-state index contributed by atoms with van der Waals surface area (Å²) < 4.78 is 4.24. The highest BCUT2D eigenvalue weighted by Gasteiger charge is 2.25. The normalized spacial score (nSPS) is 13.2. The van der Waals surface area contributed by atoms with Crippen LogP contribution in [0.4, 0.5) is 5.69 Å². The van der Waals surface area contributed by atoms with Crippen molar-refractivity contribution in [3.05, 3.63) is 90.0 Å². The molecule has 0 bridgehead atoms. The van der Waals surface area contributed by atoms with Crippen LogP contribution in [0.5, 0.6) is 0 Å². The van der Waals surface area contributed by atoms with E-state index in [1.165, 1.54) is 22.9 Å². The van der Waals surface area contributed by atoms with E-state index < -0.39 is 0 Å². The fraction of sp³-hybridized carbons (Fsp3) is 0.160. The van der Waals surface area contributed by atoms with Crippen molar-refractivity contribution >= 4 is 40.2 Å². The molecule has 2 aromatic heterocycles. The fourth-order valence-electron chi connectivity index (χ4n) is 4.45. The minimum atomic E-state index is 0.102. The molecule has 3 aromatic carbocycles. The number of anilines is 1. The van der Waals surface area contributed by atoms with Gasteiger partial charge in [0.15, 0.2) is 5.16 Å². The molecule has 7 heteroatoms. The summed E-state index contributed by atoms with van der Waals surface area (Å²) in [7, 11) is 0. The summed E-state index contributed by atoms with van der Waals surface area (Å²) in [5.74, 6) is 1.22. The van der Waals surface area contributed by atoms with Gasteiger partial charge >= 0.3 is 0 Å². The Morgan fingerprint density at radius 1 is 0.875 bits per heavy atom. The summed E-state index contributed by atoms with van der Waals surface area (Å²) in [4.78, 5) is 14.9. The van der Waals surface area contributed by atoms with Crippen molar-refractivity contribution in [2.75, 3.05) is 17.2 Å². The third-order valence-corrected chi connectivity index (χ3v) is 6.88. The first-order valence-corrected chi connectivity index (χ1v) is 11.7. The summed E-state index contributed by atoms with van der Waals surface area (Å²) in [6.45, 7) is 1.45. The molecule has 1 amide bonds. The van der Waals surface area contributed by atoms with Crippen molar-refractivity contribution in [1.29, 1.82) is 0 Å². The Morgan fingerprint density at radius 2 is 1.62 bits per heavy atom. The molecule has 32 heavy (non-hydrogen) atoms.